The first-order valence-electron chi connectivity index (χ1n) is 8.84. The van der Waals surface area contributed by atoms with Gasteiger partial charge in [0, 0.05) is 28.6 Å². The molecule has 0 radical (unpaired) electrons. The number of aryl methyl sites for hydroxylation is 2. The molecule has 0 spiro atoms. The van der Waals surface area contributed by atoms with Crippen LogP contribution in [0.2, 0.25) is 0 Å². The highest BCUT2D eigenvalue weighted by molar-refractivity contribution is 9.10. The van der Waals surface area contributed by atoms with Crippen molar-refractivity contribution in [1.29, 1.82) is 0 Å². The van der Waals surface area contributed by atoms with Gasteiger partial charge in [0.15, 0.2) is 11.7 Å². The number of oxazole rings is 1. The molecular weight excluding hydrogens is 422 g/mol. The van der Waals surface area contributed by atoms with E-state index in [-0.39, 0.29) is 24.8 Å². The van der Waals surface area contributed by atoms with Crippen LogP contribution in [0.15, 0.2) is 63.6 Å². The second kappa shape index (κ2) is 9.32. The average molecular weight is 442 g/mol. The summed E-state index contributed by atoms with van der Waals surface area (Å²) in [6.45, 7) is 1.81. The summed E-state index contributed by atoms with van der Waals surface area (Å²) in [5.41, 5.74) is 2.59. The van der Waals surface area contributed by atoms with E-state index in [2.05, 4.69) is 31.5 Å². The van der Waals surface area contributed by atoms with Crippen molar-refractivity contribution in [2.24, 2.45) is 0 Å². The molecule has 144 valence electrons. The first kappa shape index (κ1) is 19.8. The fourth-order valence-corrected chi connectivity index (χ4v) is 3.09. The molecule has 0 unspecified atom stereocenters. The molecule has 1 aromatic heterocycles. The van der Waals surface area contributed by atoms with E-state index in [1.165, 1.54) is 0 Å². The highest BCUT2D eigenvalue weighted by atomic mass is 79.9. The van der Waals surface area contributed by atoms with E-state index in [0.29, 0.717) is 18.1 Å². The van der Waals surface area contributed by atoms with Crippen LogP contribution in [-0.2, 0) is 16.0 Å². The molecule has 0 fully saturated rings. The Morgan fingerprint density at radius 3 is 2.64 bits per heavy atom. The predicted molar refractivity (Wildman–Crippen MR) is 111 cm³/mol. The molecule has 0 saturated carbocycles. The summed E-state index contributed by atoms with van der Waals surface area (Å²) in [5, 5.41) is 5.40. The van der Waals surface area contributed by atoms with Crippen molar-refractivity contribution in [3.63, 3.8) is 0 Å². The van der Waals surface area contributed by atoms with Crippen LogP contribution in [0.25, 0.3) is 11.3 Å². The van der Waals surface area contributed by atoms with Crippen molar-refractivity contribution < 1.29 is 14.0 Å². The van der Waals surface area contributed by atoms with Crippen LogP contribution in [0, 0.1) is 6.92 Å². The molecular formula is C21H20BrN3O3. The molecule has 0 aliphatic heterocycles. The summed E-state index contributed by atoms with van der Waals surface area (Å²) in [7, 11) is 0. The van der Waals surface area contributed by atoms with E-state index >= 15 is 0 Å². The molecule has 1 heterocycles. The number of nitrogens with one attached hydrogen (secondary N) is 2. The molecule has 3 aromatic rings. The van der Waals surface area contributed by atoms with Gasteiger partial charge in [-0.2, -0.15) is 0 Å². The van der Waals surface area contributed by atoms with Gasteiger partial charge in [0.1, 0.15) is 0 Å². The third-order valence-electron chi connectivity index (χ3n) is 4.09. The quantitative estimate of drug-likeness (QED) is 0.577. The van der Waals surface area contributed by atoms with Crippen LogP contribution in [0.5, 0.6) is 0 Å². The maximum Gasteiger partial charge on any atom is 0.243 e. The van der Waals surface area contributed by atoms with E-state index < -0.39 is 0 Å². The minimum absolute atomic E-state index is 0.0881. The highest BCUT2D eigenvalue weighted by Gasteiger charge is 2.11. The Labute approximate surface area is 171 Å². The van der Waals surface area contributed by atoms with Crippen molar-refractivity contribution in [2.75, 3.05) is 11.9 Å². The van der Waals surface area contributed by atoms with Crippen molar-refractivity contribution in [3.05, 3.63) is 70.7 Å². The van der Waals surface area contributed by atoms with E-state index in [1.807, 2.05) is 55.5 Å². The number of benzene rings is 2. The molecule has 6 nitrogen and oxygen atoms in total. The molecule has 7 heteroatoms. The Morgan fingerprint density at radius 1 is 1.11 bits per heavy atom. The van der Waals surface area contributed by atoms with Gasteiger partial charge >= 0.3 is 0 Å². The normalized spacial score (nSPS) is 10.5. The second-order valence-electron chi connectivity index (χ2n) is 6.27. The van der Waals surface area contributed by atoms with Crippen molar-refractivity contribution >= 4 is 33.4 Å². The van der Waals surface area contributed by atoms with Gasteiger partial charge in [-0.3, -0.25) is 9.59 Å². The number of carbonyl (C=O) groups is 2. The molecule has 0 aliphatic carbocycles. The summed E-state index contributed by atoms with van der Waals surface area (Å²) >= 11 is 3.38. The van der Waals surface area contributed by atoms with Gasteiger partial charge in [0.05, 0.1) is 12.7 Å². The van der Waals surface area contributed by atoms with Crippen molar-refractivity contribution in [1.82, 2.24) is 10.3 Å². The number of aromatic nitrogens is 1. The predicted octanol–water partition coefficient (Wildman–Crippen LogP) is 4.10. The van der Waals surface area contributed by atoms with E-state index in [1.54, 1.807) is 6.20 Å². The summed E-state index contributed by atoms with van der Waals surface area (Å²) in [6.07, 6.45) is 2.21. The van der Waals surface area contributed by atoms with Gasteiger partial charge in [-0.05, 0) is 30.7 Å². The summed E-state index contributed by atoms with van der Waals surface area (Å²) in [5.74, 6) is 0.646. The Hall–Kier alpha value is -2.93. The fourth-order valence-electron chi connectivity index (χ4n) is 2.61. The lowest BCUT2D eigenvalue weighted by Gasteiger charge is -2.09. The van der Waals surface area contributed by atoms with Crippen LogP contribution >= 0.6 is 15.9 Å². The minimum atomic E-state index is -0.277. The van der Waals surface area contributed by atoms with Gasteiger partial charge in [-0.25, -0.2) is 4.98 Å². The summed E-state index contributed by atoms with van der Waals surface area (Å²) in [6, 6.07) is 15.2. The molecule has 0 atom stereocenters. The number of amides is 2. The molecule has 3 rings (SSSR count). The van der Waals surface area contributed by atoms with Crippen LogP contribution < -0.4 is 10.6 Å². The zero-order chi connectivity index (χ0) is 19.9. The van der Waals surface area contributed by atoms with Crippen molar-refractivity contribution in [2.45, 2.75) is 19.8 Å². The van der Waals surface area contributed by atoms with Crippen LogP contribution in [0.1, 0.15) is 17.9 Å². The smallest absolute Gasteiger partial charge is 0.243 e. The monoisotopic (exact) mass is 441 g/mol. The fraction of sp³-hybridized carbons (Fsp3) is 0.190. The standard InChI is InChI=1S/C21H20BrN3O3/c1-14-11-16(22)7-8-17(14)25-20(27)13-23-19(26)9-10-21-24-12-18(28-21)15-5-3-2-4-6-15/h2-8,11-12H,9-10,13H2,1H3,(H,23,26)(H,25,27). The third kappa shape index (κ3) is 5.53. The lowest BCUT2D eigenvalue weighted by atomic mass is 10.2. The van der Waals surface area contributed by atoms with Crippen LogP contribution in [-0.4, -0.2) is 23.3 Å². The van der Waals surface area contributed by atoms with Crippen LogP contribution in [0.3, 0.4) is 0 Å². The number of hydrogen-bond acceptors (Lipinski definition) is 4. The number of rotatable bonds is 7. The number of halogens is 1. The van der Waals surface area contributed by atoms with Gasteiger partial charge in [0.25, 0.3) is 0 Å². The highest BCUT2D eigenvalue weighted by Crippen LogP contribution is 2.21. The van der Waals surface area contributed by atoms with Crippen molar-refractivity contribution in [3.8, 4) is 11.3 Å². The Balaban J connectivity index is 1.43. The van der Waals surface area contributed by atoms with E-state index in [0.717, 1.165) is 21.3 Å². The minimum Gasteiger partial charge on any atom is -0.441 e. The van der Waals surface area contributed by atoms with Crippen LogP contribution in [0.4, 0.5) is 5.69 Å². The van der Waals surface area contributed by atoms with Gasteiger partial charge in [-0.15, -0.1) is 0 Å². The van der Waals surface area contributed by atoms with Gasteiger partial charge in [-0.1, -0.05) is 46.3 Å². The van der Waals surface area contributed by atoms with Gasteiger partial charge in [0.2, 0.25) is 11.8 Å². The van der Waals surface area contributed by atoms with Gasteiger partial charge < -0.3 is 15.1 Å². The molecule has 0 bridgehead atoms. The molecule has 28 heavy (non-hydrogen) atoms. The molecule has 0 saturated heterocycles. The topological polar surface area (TPSA) is 84.2 Å². The molecule has 2 aromatic carbocycles. The first-order valence-corrected chi connectivity index (χ1v) is 9.63. The maximum absolute atomic E-state index is 12.0. The SMILES string of the molecule is Cc1cc(Br)ccc1NC(=O)CNC(=O)CCc1ncc(-c2ccccc2)o1. The average Bonchev–Trinajstić information content (AvgIpc) is 3.17. The Bertz CT molecular complexity index is 970. The Morgan fingerprint density at radius 2 is 1.89 bits per heavy atom. The number of nitrogens with zero attached hydrogens (tertiary/aromatic N) is 1. The first-order chi connectivity index (χ1) is 13.5. The number of carbonyl (C=O) groups excluding carboxylic acids is 2. The third-order valence-corrected chi connectivity index (χ3v) is 4.58. The lowest BCUT2D eigenvalue weighted by Crippen LogP contribution is -2.33. The summed E-state index contributed by atoms with van der Waals surface area (Å²) < 4.78 is 6.62. The zero-order valence-electron chi connectivity index (χ0n) is 15.4. The lowest BCUT2D eigenvalue weighted by molar-refractivity contribution is -0.124. The zero-order valence-corrected chi connectivity index (χ0v) is 17.0. The second-order valence-corrected chi connectivity index (χ2v) is 7.18. The Kier molecular flexibility index (Phi) is 6.60. The largest absolute Gasteiger partial charge is 0.441 e. The number of anilines is 1. The number of hydrogen-bond donors (Lipinski definition) is 2. The molecule has 2 amide bonds. The molecule has 0 aliphatic rings. The van der Waals surface area contributed by atoms with E-state index in [9.17, 15) is 9.59 Å². The summed E-state index contributed by atoms with van der Waals surface area (Å²) in [4.78, 5) is 28.2. The van der Waals surface area contributed by atoms with E-state index in [4.69, 9.17) is 4.42 Å². The molecule has 2 N–H and O–H groups in total. The maximum atomic E-state index is 12.0.